The van der Waals surface area contributed by atoms with E-state index in [0.717, 1.165) is 30.2 Å². The number of nitrogens with zero attached hydrogens (tertiary/aromatic N) is 1. The summed E-state index contributed by atoms with van der Waals surface area (Å²) in [4.78, 5) is 6.20. The Hall–Kier alpha value is -0.450. The fourth-order valence-corrected chi connectivity index (χ4v) is 4.44. The fourth-order valence-electron chi connectivity index (χ4n) is 3.09. The summed E-state index contributed by atoms with van der Waals surface area (Å²) in [6.45, 7) is 10.0. The number of ether oxygens (including phenoxy) is 1. The van der Waals surface area contributed by atoms with Crippen molar-refractivity contribution in [2.45, 2.75) is 77.4 Å². The van der Waals surface area contributed by atoms with Gasteiger partial charge in [0.25, 0.3) is 0 Å². The van der Waals surface area contributed by atoms with Gasteiger partial charge in [0, 0.05) is 23.4 Å². The maximum Gasteiger partial charge on any atom is 0.125 e. The molecule has 0 bridgehead atoms. The van der Waals surface area contributed by atoms with Gasteiger partial charge in [-0.2, -0.15) is 0 Å². The van der Waals surface area contributed by atoms with Crippen LogP contribution in [0.5, 0.6) is 0 Å². The first-order chi connectivity index (χ1) is 9.43. The van der Waals surface area contributed by atoms with Crippen molar-refractivity contribution in [3.8, 4) is 0 Å². The molecule has 3 nitrogen and oxygen atoms in total. The van der Waals surface area contributed by atoms with Crippen molar-refractivity contribution >= 4 is 11.3 Å². The third kappa shape index (κ3) is 3.07. The molecule has 1 aromatic rings. The maximum atomic E-state index is 6.19. The molecule has 1 aliphatic rings. The Morgan fingerprint density at radius 2 is 1.90 bits per heavy atom. The monoisotopic (exact) mass is 296 g/mol. The van der Waals surface area contributed by atoms with Gasteiger partial charge in [-0.15, -0.1) is 11.3 Å². The van der Waals surface area contributed by atoms with E-state index in [1.165, 1.54) is 24.1 Å². The summed E-state index contributed by atoms with van der Waals surface area (Å²) in [5.41, 5.74) is 6.99. The van der Waals surface area contributed by atoms with E-state index in [-0.39, 0.29) is 11.0 Å². The summed E-state index contributed by atoms with van der Waals surface area (Å²) in [5.74, 6) is 0. The Morgan fingerprint density at radius 1 is 1.25 bits per heavy atom. The van der Waals surface area contributed by atoms with Gasteiger partial charge in [-0.25, -0.2) is 4.98 Å². The topological polar surface area (TPSA) is 48.1 Å². The highest BCUT2D eigenvalue weighted by Crippen LogP contribution is 2.44. The van der Waals surface area contributed by atoms with Gasteiger partial charge in [0.15, 0.2) is 0 Å². The number of nitrogens with two attached hydrogens (primary N) is 1. The maximum absolute atomic E-state index is 6.19. The largest absolute Gasteiger partial charge is 0.368 e. The number of hydrogen-bond donors (Lipinski definition) is 1. The number of hydrogen-bond acceptors (Lipinski definition) is 4. The zero-order chi connectivity index (χ0) is 14.8. The van der Waals surface area contributed by atoms with Crippen molar-refractivity contribution in [1.82, 2.24) is 4.98 Å². The zero-order valence-electron chi connectivity index (χ0n) is 13.3. The highest BCUT2D eigenvalue weighted by Gasteiger charge is 2.39. The van der Waals surface area contributed by atoms with Crippen LogP contribution in [0.15, 0.2) is 0 Å². The summed E-state index contributed by atoms with van der Waals surface area (Å²) < 4.78 is 6.19. The highest BCUT2D eigenvalue weighted by molar-refractivity contribution is 7.11. The van der Waals surface area contributed by atoms with Crippen molar-refractivity contribution in [1.29, 1.82) is 0 Å². The van der Waals surface area contributed by atoms with Crippen molar-refractivity contribution in [3.63, 3.8) is 0 Å². The molecule has 0 aromatic carbocycles. The molecule has 1 fully saturated rings. The van der Waals surface area contributed by atoms with E-state index in [0.29, 0.717) is 6.54 Å². The third-order valence-corrected chi connectivity index (χ3v) is 5.33. The van der Waals surface area contributed by atoms with Crippen LogP contribution in [0, 0.1) is 0 Å². The van der Waals surface area contributed by atoms with Crippen molar-refractivity contribution in [2.24, 2.45) is 5.73 Å². The van der Waals surface area contributed by atoms with Gasteiger partial charge in [0.1, 0.15) is 10.6 Å². The lowest BCUT2D eigenvalue weighted by molar-refractivity contribution is -0.0705. The van der Waals surface area contributed by atoms with Crippen molar-refractivity contribution in [3.05, 3.63) is 15.6 Å². The van der Waals surface area contributed by atoms with Gasteiger partial charge >= 0.3 is 0 Å². The third-order valence-electron chi connectivity index (χ3n) is 4.06. The molecule has 0 spiro atoms. The molecule has 1 aromatic heterocycles. The molecule has 2 rings (SSSR count). The predicted octanol–water partition coefficient (Wildman–Crippen LogP) is 4.10. The summed E-state index contributed by atoms with van der Waals surface area (Å²) >= 11 is 1.77. The zero-order valence-corrected chi connectivity index (χ0v) is 14.1. The van der Waals surface area contributed by atoms with Gasteiger partial charge in [0.2, 0.25) is 0 Å². The molecule has 0 radical (unpaired) electrons. The van der Waals surface area contributed by atoms with E-state index >= 15 is 0 Å². The van der Waals surface area contributed by atoms with E-state index in [1.807, 2.05) is 0 Å². The SMILES string of the molecule is CCOC1(c2nc(C(C)(C)C)c(CN)s2)CCCCC1. The first-order valence-electron chi connectivity index (χ1n) is 7.77. The summed E-state index contributed by atoms with van der Waals surface area (Å²) in [6.07, 6.45) is 5.99. The number of thiazole rings is 1. The second kappa shape index (κ2) is 6.12. The summed E-state index contributed by atoms with van der Waals surface area (Å²) in [7, 11) is 0. The lowest BCUT2D eigenvalue weighted by Gasteiger charge is -2.35. The molecule has 1 saturated carbocycles. The van der Waals surface area contributed by atoms with Gasteiger partial charge in [-0.1, -0.05) is 40.0 Å². The smallest absolute Gasteiger partial charge is 0.125 e. The average Bonchev–Trinajstić information content (AvgIpc) is 2.85. The molecular formula is C16H28N2OS. The highest BCUT2D eigenvalue weighted by atomic mass is 32.1. The number of rotatable bonds is 4. The summed E-state index contributed by atoms with van der Waals surface area (Å²) in [6, 6.07) is 0. The van der Waals surface area contributed by atoms with Crippen LogP contribution >= 0.6 is 11.3 Å². The molecule has 0 aliphatic heterocycles. The minimum atomic E-state index is -0.148. The molecule has 2 N–H and O–H groups in total. The average molecular weight is 296 g/mol. The van der Waals surface area contributed by atoms with Crippen LogP contribution in [0.4, 0.5) is 0 Å². The van der Waals surface area contributed by atoms with Crippen LogP contribution in [0.1, 0.15) is 75.4 Å². The van der Waals surface area contributed by atoms with Crippen LogP contribution in [-0.2, 0) is 22.3 Å². The lowest BCUT2D eigenvalue weighted by atomic mass is 9.84. The van der Waals surface area contributed by atoms with Crippen LogP contribution < -0.4 is 5.73 Å². The second-order valence-corrected chi connectivity index (χ2v) is 7.82. The Bertz CT molecular complexity index is 436. The van der Waals surface area contributed by atoms with Gasteiger partial charge < -0.3 is 10.5 Å². The normalized spacial score (nSPS) is 19.2. The van der Waals surface area contributed by atoms with Gasteiger partial charge in [-0.05, 0) is 19.8 Å². The minimum absolute atomic E-state index is 0.0471. The molecular weight excluding hydrogens is 268 g/mol. The van der Waals surface area contributed by atoms with Crippen LogP contribution in [-0.4, -0.2) is 11.6 Å². The molecule has 114 valence electrons. The molecule has 0 unspecified atom stereocenters. The molecule has 0 amide bonds. The quantitative estimate of drug-likeness (QED) is 0.910. The first kappa shape index (κ1) is 15.9. The first-order valence-corrected chi connectivity index (χ1v) is 8.59. The van der Waals surface area contributed by atoms with Crippen molar-refractivity contribution < 1.29 is 4.74 Å². The Morgan fingerprint density at radius 3 is 2.35 bits per heavy atom. The molecule has 1 aliphatic carbocycles. The van der Waals surface area contributed by atoms with Crippen molar-refractivity contribution in [2.75, 3.05) is 6.61 Å². The molecule has 4 heteroatoms. The predicted molar refractivity (Wildman–Crippen MR) is 85.1 cm³/mol. The standard InChI is InChI=1S/C16H28N2OS/c1-5-19-16(9-7-6-8-10-16)14-18-13(15(2,3)4)12(11-17)20-14/h5-11,17H2,1-4H3. The van der Waals surface area contributed by atoms with Crippen LogP contribution in [0.3, 0.4) is 0 Å². The second-order valence-electron chi connectivity index (χ2n) is 6.73. The number of aromatic nitrogens is 1. The molecule has 0 atom stereocenters. The molecule has 20 heavy (non-hydrogen) atoms. The van der Waals surface area contributed by atoms with E-state index in [9.17, 15) is 0 Å². The molecule has 0 saturated heterocycles. The van der Waals surface area contributed by atoms with E-state index < -0.39 is 0 Å². The Labute approximate surface area is 126 Å². The fraction of sp³-hybridized carbons (Fsp3) is 0.812. The molecule has 1 heterocycles. The van der Waals surface area contributed by atoms with E-state index in [4.69, 9.17) is 15.5 Å². The van der Waals surface area contributed by atoms with E-state index in [2.05, 4.69) is 27.7 Å². The van der Waals surface area contributed by atoms with Gasteiger partial charge in [0.05, 0.1) is 5.69 Å². The Balaban J connectivity index is 2.41. The minimum Gasteiger partial charge on any atom is -0.368 e. The van der Waals surface area contributed by atoms with Crippen LogP contribution in [0.2, 0.25) is 0 Å². The summed E-state index contributed by atoms with van der Waals surface area (Å²) in [5, 5.41) is 1.16. The van der Waals surface area contributed by atoms with Gasteiger partial charge in [-0.3, -0.25) is 0 Å². The van der Waals surface area contributed by atoms with Crippen LogP contribution in [0.25, 0.3) is 0 Å². The van der Waals surface area contributed by atoms with E-state index in [1.54, 1.807) is 11.3 Å². The Kier molecular flexibility index (Phi) is 4.88. The lowest BCUT2D eigenvalue weighted by Crippen LogP contribution is -2.32.